The van der Waals surface area contributed by atoms with Gasteiger partial charge in [0.1, 0.15) is 12.4 Å². The maximum absolute atomic E-state index is 11.7. The predicted octanol–water partition coefficient (Wildman–Crippen LogP) is 2.21. The molecule has 0 spiro atoms. The first kappa shape index (κ1) is 15.4. The van der Waals surface area contributed by atoms with Crippen LogP contribution in [0.2, 0.25) is 5.02 Å². The van der Waals surface area contributed by atoms with Crippen LogP contribution in [0.3, 0.4) is 0 Å². The molecular weight excluding hydrogens is 302 g/mol. The Balaban J connectivity index is 1.38. The van der Waals surface area contributed by atoms with Crippen LogP contribution >= 0.6 is 11.6 Å². The van der Waals surface area contributed by atoms with Gasteiger partial charge in [-0.05, 0) is 31.0 Å². The summed E-state index contributed by atoms with van der Waals surface area (Å²) in [6, 6.07) is 7.98. The molecule has 1 N–H and O–H groups in total. The van der Waals surface area contributed by atoms with Crippen LogP contribution in [-0.2, 0) is 0 Å². The van der Waals surface area contributed by atoms with E-state index in [-0.39, 0.29) is 6.03 Å². The Labute approximate surface area is 136 Å². The van der Waals surface area contributed by atoms with Crippen molar-refractivity contribution in [1.29, 1.82) is 0 Å². The SMILES string of the molecule is O=C1NCCN1C1CCN(CCOc2cccc(Cl)c2)CC1. The van der Waals surface area contributed by atoms with Gasteiger partial charge in [0.25, 0.3) is 0 Å². The fourth-order valence-electron chi connectivity index (χ4n) is 3.14. The number of amides is 2. The summed E-state index contributed by atoms with van der Waals surface area (Å²) in [7, 11) is 0. The average Bonchev–Trinajstić information content (AvgIpc) is 2.94. The van der Waals surface area contributed by atoms with Crippen LogP contribution < -0.4 is 10.1 Å². The number of benzene rings is 1. The second-order valence-corrected chi connectivity index (χ2v) is 6.24. The molecule has 6 heteroatoms. The Morgan fingerprint density at radius 3 is 2.77 bits per heavy atom. The lowest BCUT2D eigenvalue weighted by molar-refractivity contribution is 0.123. The number of ether oxygens (including phenoxy) is 1. The van der Waals surface area contributed by atoms with Gasteiger partial charge in [-0.25, -0.2) is 4.79 Å². The molecule has 2 amide bonds. The third kappa shape index (κ3) is 3.84. The zero-order valence-electron chi connectivity index (χ0n) is 12.6. The Morgan fingerprint density at radius 1 is 1.27 bits per heavy atom. The molecule has 2 heterocycles. The molecule has 2 fully saturated rings. The van der Waals surface area contributed by atoms with Gasteiger partial charge >= 0.3 is 6.03 Å². The maximum atomic E-state index is 11.7. The van der Waals surface area contributed by atoms with Gasteiger partial charge in [0.05, 0.1) is 0 Å². The van der Waals surface area contributed by atoms with Crippen molar-refractivity contribution < 1.29 is 9.53 Å². The van der Waals surface area contributed by atoms with Gasteiger partial charge in [-0.1, -0.05) is 17.7 Å². The van der Waals surface area contributed by atoms with Crippen molar-refractivity contribution in [2.24, 2.45) is 0 Å². The van der Waals surface area contributed by atoms with Crippen LogP contribution in [0.5, 0.6) is 5.75 Å². The van der Waals surface area contributed by atoms with E-state index >= 15 is 0 Å². The maximum Gasteiger partial charge on any atom is 0.317 e. The number of nitrogens with one attached hydrogen (secondary N) is 1. The smallest absolute Gasteiger partial charge is 0.317 e. The fraction of sp³-hybridized carbons (Fsp3) is 0.562. The van der Waals surface area contributed by atoms with Gasteiger partial charge in [0.2, 0.25) is 0 Å². The third-order valence-corrected chi connectivity index (χ3v) is 4.60. The van der Waals surface area contributed by atoms with E-state index in [1.807, 2.05) is 29.2 Å². The number of rotatable bonds is 5. The van der Waals surface area contributed by atoms with E-state index in [9.17, 15) is 4.79 Å². The number of carbonyl (C=O) groups is 1. The number of likely N-dealkylation sites (tertiary alicyclic amines) is 1. The first-order valence-corrected chi connectivity index (χ1v) is 8.25. The highest BCUT2D eigenvalue weighted by Gasteiger charge is 2.30. The quantitative estimate of drug-likeness (QED) is 0.903. The van der Waals surface area contributed by atoms with Crippen LogP contribution in [0.1, 0.15) is 12.8 Å². The van der Waals surface area contributed by atoms with Crippen LogP contribution in [0.25, 0.3) is 0 Å². The van der Waals surface area contributed by atoms with Crippen LogP contribution in [-0.4, -0.2) is 61.2 Å². The van der Waals surface area contributed by atoms with E-state index in [0.29, 0.717) is 17.7 Å². The Hall–Kier alpha value is -1.46. The molecule has 0 saturated carbocycles. The van der Waals surface area contributed by atoms with Crippen LogP contribution in [0, 0.1) is 0 Å². The molecule has 0 radical (unpaired) electrons. The molecule has 0 aliphatic carbocycles. The lowest BCUT2D eigenvalue weighted by Gasteiger charge is -2.36. The molecule has 0 aromatic heterocycles. The molecule has 5 nitrogen and oxygen atoms in total. The number of nitrogens with zero attached hydrogens (tertiary/aromatic N) is 2. The molecule has 0 atom stereocenters. The van der Waals surface area contributed by atoms with E-state index < -0.39 is 0 Å². The molecule has 2 aliphatic heterocycles. The van der Waals surface area contributed by atoms with E-state index in [4.69, 9.17) is 16.3 Å². The van der Waals surface area contributed by atoms with Gasteiger partial charge in [-0.3, -0.25) is 4.90 Å². The van der Waals surface area contributed by atoms with Gasteiger partial charge in [-0.2, -0.15) is 0 Å². The van der Waals surface area contributed by atoms with Crippen LogP contribution in [0.15, 0.2) is 24.3 Å². The highest BCUT2D eigenvalue weighted by atomic mass is 35.5. The summed E-state index contributed by atoms with van der Waals surface area (Å²) in [6.07, 6.45) is 2.09. The third-order valence-electron chi connectivity index (χ3n) is 4.36. The fourth-order valence-corrected chi connectivity index (χ4v) is 3.32. The van der Waals surface area contributed by atoms with Crippen molar-refractivity contribution in [3.05, 3.63) is 29.3 Å². The first-order valence-electron chi connectivity index (χ1n) is 7.87. The number of hydrogen-bond acceptors (Lipinski definition) is 3. The zero-order valence-corrected chi connectivity index (χ0v) is 13.4. The number of urea groups is 1. The van der Waals surface area contributed by atoms with E-state index in [0.717, 1.165) is 51.3 Å². The summed E-state index contributed by atoms with van der Waals surface area (Å²) in [6.45, 7) is 5.25. The minimum absolute atomic E-state index is 0.0998. The van der Waals surface area contributed by atoms with E-state index in [1.165, 1.54) is 0 Å². The predicted molar refractivity (Wildman–Crippen MR) is 86.5 cm³/mol. The standard InChI is InChI=1S/C16H22ClN3O2/c17-13-2-1-3-15(12-13)22-11-10-19-7-4-14(5-8-19)20-9-6-18-16(20)21/h1-3,12,14H,4-11H2,(H,18,21). The molecule has 120 valence electrons. The molecule has 1 aromatic rings. The molecule has 2 saturated heterocycles. The summed E-state index contributed by atoms with van der Waals surface area (Å²) in [5.74, 6) is 0.816. The normalized spacial score (nSPS) is 20.2. The van der Waals surface area contributed by atoms with Crippen molar-refractivity contribution in [3.8, 4) is 5.75 Å². The highest BCUT2D eigenvalue weighted by Crippen LogP contribution is 2.19. The summed E-state index contributed by atoms with van der Waals surface area (Å²) >= 11 is 5.93. The summed E-state index contributed by atoms with van der Waals surface area (Å²) in [4.78, 5) is 16.1. The summed E-state index contributed by atoms with van der Waals surface area (Å²) < 4.78 is 5.73. The number of hydrogen-bond donors (Lipinski definition) is 1. The van der Waals surface area contributed by atoms with Crippen molar-refractivity contribution in [2.45, 2.75) is 18.9 Å². The molecule has 0 bridgehead atoms. The Kier molecular flexibility index (Phi) is 5.05. The first-order chi connectivity index (χ1) is 10.7. The van der Waals surface area contributed by atoms with Crippen molar-refractivity contribution in [2.75, 3.05) is 39.3 Å². The summed E-state index contributed by atoms with van der Waals surface area (Å²) in [5, 5.41) is 3.57. The second-order valence-electron chi connectivity index (χ2n) is 5.80. The highest BCUT2D eigenvalue weighted by molar-refractivity contribution is 6.30. The van der Waals surface area contributed by atoms with Gasteiger partial charge in [-0.15, -0.1) is 0 Å². The lowest BCUT2D eigenvalue weighted by atomic mass is 10.0. The topological polar surface area (TPSA) is 44.8 Å². The van der Waals surface area contributed by atoms with Gasteiger partial charge < -0.3 is 15.0 Å². The molecule has 0 unspecified atom stereocenters. The van der Waals surface area contributed by atoms with E-state index in [1.54, 1.807) is 0 Å². The molecular formula is C16H22ClN3O2. The lowest BCUT2D eigenvalue weighted by Crippen LogP contribution is -2.46. The molecule has 3 rings (SSSR count). The van der Waals surface area contributed by atoms with Crippen molar-refractivity contribution in [1.82, 2.24) is 15.1 Å². The molecule has 1 aromatic carbocycles. The Morgan fingerprint density at radius 2 is 2.09 bits per heavy atom. The largest absolute Gasteiger partial charge is 0.492 e. The minimum Gasteiger partial charge on any atom is -0.492 e. The number of carbonyl (C=O) groups excluding carboxylic acids is 1. The van der Waals surface area contributed by atoms with Gasteiger partial charge in [0.15, 0.2) is 0 Å². The average molecular weight is 324 g/mol. The van der Waals surface area contributed by atoms with Crippen molar-refractivity contribution >= 4 is 17.6 Å². The Bertz CT molecular complexity index is 518. The monoisotopic (exact) mass is 323 g/mol. The number of piperidine rings is 1. The zero-order chi connectivity index (χ0) is 15.4. The minimum atomic E-state index is 0.0998. The molecule has 22 heavy (non-hydrogen) atoms. The second kappa shape index (κ2) is 7.20. The van der Waals surface area contributed by atoms with Crippen molar-refractivity contribution in [3.63, 3.8) is 0 Å². The van der Waals surface area contributed by atoms with E-state index in [2.05, 4.69) is 10.2 Å². The van der Waals surface area contributed by atoms with Crippen LogP contribution in [0.4, 0.5) is 4.79 Å². The van der Waals surface area contributed by atoms with Gasteiger partial charge in [0, 0.05) is 43.8 Å². The summed E-state index contributed by atoms with van der Waals surface area (Å²) in [5.41, 5.74) is 0. The molecule has 2 aliphatic rings. The number of halogens is 1.